The molecule has 0 heterocycles. The second kappa shape index (κ2) is 4.24. The van der Waals surface area contributed by atoms with Gasteiger partial charge in [-0.25, -0.2) is 0 Å². The third-order valence-electron chi connectivity index (χ3n) is 2.11. The van der Waals surface area contributed by atoms with Crippen molar-refractivity contribution < 1.29 is 0 Å². The largest absolute Gasteiger partial charge is 0.326 e. The van der Waals surface area contributed by atoms with Crippen LogP contribution in [0.4, 0.5) is 0 Å². The topological polar surface area (TPSA) is 52.0 Å². The van der Waals surface area contributed by atoms with Gasteiger partial charge in [-0.05, 0) is 23.1 Å². The van der Waals surface area contributed by atoms with Crippen LogP contribution in [0.5, 0.6) is 0 Å². The minimum absolute atomic E-state index is 0.594. The van der Waals surface area contributed by atoms with E-state index >= 15 is 0 Å². The van der Waals surface area contributed by atoms with Crippen molar-refractivity contribution in [1.29, 1.82) is 0 Å². The summed E-state index contributed by atoms with van der Waals surface area (Å²) in [7, 11) is 0. The zero-order valence-electron chi connectivity index (χ0n) is 7.51. The first-order valence-electron chi connectivity index (χ1n) is 4.32. The normalized spacial score (nSPS) is 10.2. The third kappa shape index (κ3) is 1.84. The van der Waals surface area contributed by atoms with E-state index in [-0.39, 0.29) is 0 Å². The number of nitrogens with two attached hydrogens (primary N) is 2. The van der Waals surface area contributed by atoms with Crippen LogP contribution in [0.15, 0.2) is 18.2 Å². The summed E-state index contributed by atoms with van der Waals surface area (Å²) < 4.78 is 0. The summed E-state index contributed by atoms with van der Waals surface area (Å²) in [6.45, 7) is 3.34. The summed E-state index contributed by atoms with van der Waals surface area (Å²) >= 11 is 0. The molecule has 0 atom stereocenters. The Labute approximate surface area is 73.6 Å². The fraction of sp³-hybridized carbons (Fsp3) is 0.400. The molecule has 0 spiro atoms. The zero-order valence-corrected chi connectivity index (χ0v) is 7.51. The molecule has 0 amide bonds. The highest BCUT2D eigenvalue weighted by Gasteiger charge is 1.99. The van der Waals surface area contributed by atoms with E-state index in [2.05, 4.69) is 25.1 Å². The van der Waals surface area contributed by atoms with Crippen molar-refractivity contribution in [2.75, 3.05) is 0 Å². The minimum Gasteiger partial charge on any atom is -0.326 e. The Morgan fingerprint density at radius 1 is 1.08 bits per heavy atom. The van der Waals surface area contributed by atoms with Crippen LogP contribution < -0.4 is 11.5 Å². The fourth-order valence-corrected chi connectivity index (χ4v) is 1.34. The van der Waals surface area contributed by atoms with Gasteiger partial charge >= 0.3 is 0 Å². The summed E-state index contributed by atoms with van der Waals surface area (Å²) in [5, 5.41) is 0. The molecule has 66 valence electrons. The van der Waals surface area contributed by atoms with Crippen molar-refractivity contribution in [3.05, 3.63) is 34.9 Å². The number of hydrogen-bond acceptors (Lipinski definition) is 2. The molecule has 0 unspecified atom stereocenters. The van der Waals surface area contributed by atoms with Gasteiger partial charge in [0.15, 0.2) is 0 Å². The van der Waals surface area contributed by atoms with Crippen LogP contribution in [0, 0.1) is 0 Å². The molecule has 0 saturated heterocycles. The number of benzene rings is 1. The van der Waals surface area contributed by atoms with Crippen LogP contribution >= 0.6 is 0 Å². The van der Waals surface area contributed by atoms with Gasteiger partial charge in [0.25, 0.3) is 0 Å². The molecular formula is C10H16N2. The first-order valence-corrected chi connectivity index (χ1v) is 4.32. The molecular weight excluding hydrogens is 148 g/mol. The smallest absolute Gasteiger partial charge is 0.0180 e. The Balaban J connectivity index is 3.02. The number of hydrogen-bond donors (Lipinski definition) is 2. The lowest BCUT2D eigenvalue weighted by atomic mass is 10.0. The van der Waals surface area contributed by atoms with Crippen molar-refractivity contribution in [3.8, 4) is 0 Å². The molecule has 1 aromatic carbocycles. The molecule has 0 aliphatic rings. The van der Waals surface area contributed by atoms with Crippen LogP contribution in [0.3, 0.4) is 0 Å². The maximum absolute atomic E-state index is 5.61. The fourth-order valence-electron chi connectivity index (χ4n) is 1.34. The van der Waals surface area contributed by atoms with Crippen molar-refractivity contribution in [1.82, 2.24) is 0 Å². The van der Waals surface area contributed by atoms with E-state index in [1.54, 1.807) is 0 Å². The summed E-state index contributed by atoms with van der Waals surface area (Å²) in [5.41, 5.74) is 14.8. The van der Waals surface area contributed by atoms with Crippen molar-refractivity contribution in [3.63, 3.8) is 0 Å². The predicted molar refractivity (Wildman–Crippen MR) is 51.6 cm³/mol. The first kappa shape index (κ1) is 9.23. The Kier molecular flexibility index (Phi) is 3.26. The molecule has 0 aliphatic carbocycles. The van der Waals surface area contributed by atoms with Crippen LogP contribution in [-0.2, 0) is 19.5 Å². The second-order valence-corrected chi connectivity index (χ2v) is 2.86. The van der Waals surface area contributed by atoms with Gasteiger partial charge in [-0.15, -0.1) is 0 Å². The highest BCUT2D eigenvalue weighted by atomic mass is 14.5. The Morgan fingerprint density at radius 3 is 2.33 bits per heavy atom. The molecule has 0 radical (unpaired) electrons. The zero-order chi connectivity index (χ0) is 8.97. The predicted octanol–water partition coefficient (Wildman–Crippen LogP) is 1.17. The van der Waals surface area contributed by atoms with E-state index in [1.807, 2.05) is 0 Å². The van der Waals surface area contributed by atoms with Crippen LogP contribution in [0.25, 0.3) is 0 Å². The standard InChI is InChI=1S/C10H16N2/c1-2-9-4-3-8(6-11)5-10(9)7-12/h3-5H,2,6-7,11-12H2,1H3. The molecule has 2 heteroatoms. The van der Waals surface area contributed by atoms with Gasteiger partial charge < -0.3 is 11.5 Å². The van der Waals surface area contributed by atoms with Crippen molar-refractivity contribution in [2.24, 2.45) is 11.5 Å². The van der Waals surface area contributed by atoms with E-state index in [0.29, 0.717) is 13.1 Å². The highest BCUT2D eigenvalue weighted by molar-refractivity contribution is 5.31. The average Bonchev–Trinajstić information content (AvgIpc) is 2.16. The van der Waals surface area contributed by atoms with Crippen LogP contribution in [-0.4, -0.2) is 0 Å². The molecule has 1 aromatic rings. The monoisotopic (exact) mass is 164 g/mol. The van der Waals surface area contributed by atoms with Gasteiger partial charge in [0, 0.05) is 13.1 Å². The molecule has 0 aromatic heterocycles. The molecule has 0 fully saturated rings. The molecule has 4 N–H and O–H groups in total. The SMILES string of the molecule is CCc1ccc(CN)cc1CN. The van der Waals surface area contributed by atoms with E-state index in [4.69, 9.17) is 11.5 Å². The van der Waals surface area contributed by atoms with E-state index in [1.165, 1.54) is 11.1 Å². The highest BCUT2D eigenvalue weighted by Crippen LogP contribution is 2.11. The maximum Gasteiger partial charge on any atom is 0.0180 e. The molecule has 1 rings (SSSR count). The molecule has 12 heavy (non-hydrogen) atoms. The summed E-state index contributed by atoms with van der Waals surface area (Å²) in [6.07, 6.45) is 1.04. The van der Waals surface area contributed by atoms with Crippen LogP contribution in [0.2, 0.25) is 0 Å². The molecule has 2 nitrogen and oxygen atoms in total. The molecule has 0 aliphatic heterocycles. The van der Waals surface area contributed by atoms with Gasteiger partial charge in [-0.3, -0.25) is 0 Å². The van der Waals surface area contributed by atoms with E-state index < -0.39 is 0 Å². The lowest BCUT2D eigenvalue weighted by molar-refractivity contribution is 0.979. The minimum atomic E-state index is 0.594. The van der Waals surface area contributed by atoms with Gasteiger partial charge in [0.2, 0.25) is 0 Å². The van der Waals surface area contributed by atoms with Crippen molar-refractivity contribution in [2.45, 2.75) is 26.4 Å². The molecule has 0 saturated carbocycles. The Hall–Kier alpha value is -0.860. The lowest BCUT2D eigenvalue weighted by Crippen LogP contribution is -2.04. The van der Waals surface area contributed by atoms with Crippen LogP contribution in [0.1, 0.15) is 23.6 Å². The maximum atomic E-state index is 5.61. The third-order valence-corrected chi connectivity index (χ3v) is 2.11. The Bertz CT molecular complexity index is 256. The summed E-state index contributed by atoms with van der Waals surface area (Å²) in [6, 6.07) is 6.28. The van der Waals surface area contributed by atoms with E-state index in [9.17, 15) is 0 Å². The van der Waals surface area contributed by atoms with Gasteiger partial charge in [-0.2, -0.15) is 0 Å². The number of aryl methyl sites for hydroxylation is 1. The summed E-state index contributed by atoms with van der Waals surface area (Å²) in [4.78, 5) is 0. The van der Waals surface area contributed by atoms with Crippen molar-refractivity contribution >= 4 is 0 Å². The molecule has 0 bridgehead atoms. The van der Waals surface area contributed by atoms with E-state index in [0.717, 1.165) is 12.0 Å². The van der Waals surface area contributed by atoms with Gasteiger partial charge in [-0.1, -0.05) is 25.1 Å². The van der Waals surface area contributed by atoms with Gasteiger partial charge in [0.05, 0.1) is 0 Å². The average molecular weight is 164 g/mol. The lowest BCUT2D eigenvalue weighted by Gasteiger charge is -2.06. The number of rotatable bonds is 3. The quantitative estimate of drug-likeness (QED) is 0.704. The first-order chi connectivity index (χ1) is 5.81. The summed E-state index contributed by atoms with van der Waals surface area (Å²) in [5.74, 6) is 0. The Morgan fingerprint density at radius 2 is 1.83 bits per heavy atom. The second-order valence-electron chi connectivity index (χ2n) is 2.86. The van der Waals surface area contributed by atoms with Gasteiger partial charge in [0.1, 0.15) is 0 Å².